The van der Waals surface area contributed by atoms with Crippen LogP contribution >= 0.6 is 11.3 Å². The zero-order valence-electron chi connectivity index (χ0n) is 17.6. The Morgan fingerprint density at radius 3 is 2.80 bits per heavy atom. The molecule has 0 aliphatic carbocycles. The van der Waals surface area contributed by atoms with Crippen LogP contribution in [0.25, 0.3) is 0 Å². The van der Waals surface area contributed by atoms with Crippen LogP contribution in [0, 0.1) is 6.92 Å². The largest absolute Gasteiger partial charge is 0.373 e. The number of thiazole rings is 1. The fourth-order valence-corrected chi connectivity index (χ4v) is 4.33. The number of likely N-dealkylation sites (tertiary alicyclic amines) is 2. The third-order valence-corrected chi connectivity index (χ3v) is 6.57. The van der Waals surface area contributed by atoms with Crippen LogP contribution in [0.3, 0.4) is 0 Å². The van der Waals surface area contributed by atoms with Gasteiger partial charge < -0.3 is 24.6 Å². The highest BCUT2D eigenvalue weighted by Crippen LogP contribution is 2.24. The summed E-state index contributed by atoms with van der Waals surface area (Å²) in [5.74, 6) is -0.249. The first-order valence-corrected chi connectivity index (χ1v) is 11.1. The Bertz CT molecular complexity index is 762. The van der Waals surface area contributed by atoms with E-state index in [1.165, 1.54) is 11.3 Å². The lowest BCUT2D eigenvalue weighted by Crippen LogP contribution is -2.69. The lowest BCUT2D eigenvalue weighted by atomic mass is 9.93. The molecule has 0 spiro atoms. The van der Waals surface area contributed by atoms with Crippen LogP contribution in [0.2, 0.25) is 0 Å². The van der Waals surface area contributed by atoms with Crippen LogP contribution in [0.5, 0.6) is 0 Å². The van der Waals surface area contributed by atoms with Gasteiger partial charge >= 0.3 is 0 Å². The molecule has 0 bridgehead atoms. The number of rotatable bonds is 9. The first-order chi connectivity index (χ1) is 14.4. The van der Waals surface area contributed by atoms with Gasteiger partial charge in [-0.15, -0.1) is 11.3 Å². The molecule has 3 heterocycles. The van der Waals surface area contributed by atoms with E-state index in [1.807, 2.05) is 6.92 Å². The highest BCUT2D eigenvalue weighted by Gasteiger charge is 2.46. The van der Waals surface area contributed by atoms with Gasteiger partial charge in [0.05, 0.1) is 48.9 Å². The highest BCUT2D eigenvalue weighted by atomic mass is 32.1. The van der Waals surface area contributed by atoms with Gasteiger partial charge in [-0.05, 0) is 19.8 Å². The summed E-state index contributed by atoms with van der Waals surface area (Å²) in [6.07, 6.45) is 3.39. The van der Waals surface area contributed by atoms with E-state index in [-0.39, 0.29) is 30.9 Å². The molecule has 3 rings (SSSR count). The van der Waals surface area contributed by atoms with Gasteiger partial charge in [0.2, 0.25) is 17.7 Å². The summed E-state index contributed by atoms with van der Waals surface area (Å²) in [5, 5.41) is 2.82. The van der Waals surface area contributed by atoms with Crippen LogP contribution < -0.4 is 5.32 Å². The zero-order chi connectivity index (χ0) is 21.6. The molecule has 2 aliphatic heterocycles. The molecule has 2 aliphatic rings. The second-order valence-corrected chi connectivity index (χ2v) is 8.83. The van der Waals surface area contributed by atoms with E-state index < -0.39 is 5.60 Å². The van der Waals surface area contributed by atoms with Gasteiger partial charge in [-0.2, -0.15) is 0 Å². The minimum atomic E-state index is -0.595. The second-order valence-electron chi connectivity index (χ2n) is 7.89. The molecule has 1 aromatic heterocycles. The third kappa shape index (κ3) is 5.77. The zero-order valence-corrected chi connectivity index (χ0v) is 18.5. The van der Waals surface area contributed by atoms with Gasteiger partial charge in [-0.3, -0.25) is 14.4 Å². The van der Waals surface area contributed by atoms with E-state index in [1.54, 1.807) is 22.4 Å². The molecule has 1 N–H and O–H groups in total. The summed E-state index contributed by atoms with van der Waals surface area (Å²) < 4.78 is 11.0. The van der Waals surface area contributed by atoms with Crippen molar-refractivity contribution in [1.29, 1.82) is 0 Å². The van der Waals surface area contributed by atoms with E-state index in [0.29, 0.717) is 39.2 Å². The van der Waals surface area contributed by atoms with Crippen molar-refractivity contribution in [2.45, 2.75) is 44.8 Å². The van der Waals surface area contributed by atoms with Crippen LogP contribution in [0.4, 0.5) is 0 Å². The average molecular weight is 439 g/mol. The Balaban J connectivity index is 1.37. The summed E-state index contributed by atoms with van der Waals surface area (Å²) in [6, 6.07) is 0. The minimum absolute atomic E-state index is 0.0448. The van der Waals surface area contributed by atoms with Crippen molar-refractivity contribution in [3.63, 3.8) is 0 Å². The standard InChI is InChI=1S/C20H30N4O5S/c1-15-16(30-14-22-15)9-29-10-17(25)21-11-20(28-2)12-24(13-20)19(27)8-23-7-5-3-4-6-18(23)26/h14H,3-13H2,1-2H3,(H,21,25). The average Bonchev–Trinajstić information content (AvgIpc) is 2.99. The Hall–Kier alpha value is -2.04. The third-order valence-electron chi connectivity index (χ3n) is 5.66. The number of hydrogen-bond donors (Lipinski definition) is 1. The number of hydrogen-bond acceptors (Lipinski definition) is 7. The van der Waals surface area contributed by atoms with Gasteiger partial charge in [0.25, 0.3) is 0 Å². The Morgan fingerprint density at radius 1 is 1.30 bits per heavy atom. The number of ether oxygens (including phenoxy) is 2. The molecule has 0 aromatic carbocycles. The topological polar surface area (TPSA) is 101 Å². The molecule has 2 fully saturated rings. The van der Waals surface area contributed by atoms with Crippen molar-refractivity contribution >= 4 is 29.1 Å². The maximum atomic E-state index is 12.5. The molecule has 0 radical (unpaired) electrons. The van der Waals surface area contributed by atoms with Crippen LogP contribution in [0.15, 0.2) is 5.51 Å². The molecule has 30 heavy (non-hydrogen) atoms. The predicted molar refractivity (Wildman–Crippen MR) is 111 cm³/mol. The molecule has 3 amide bonds. The summed E-state index contributed by atoms with van der Waals surface area (Å²) in [7, 11) is 1.58. The van der Waals surface area contributed by atoms with Crippen molar-refractivity contribution in [1.82, 2.24) is 20.1 Å². The molecular weight excluding hydrogens is 408 g/mol. The summed E-state index contributed by atoms with van der Waals surface area (Å²) in [6.45, 7) is 4.08. The Kier molecular flexibility index (Phi) is 7.79. The molecule has 0 saturated carbocycles. The van der Waals surface area contributed by atoms with Crippen molar-refractivity contribution in [2.75, 3.05) is 46.4 Å². The van der Waals surface area contributed by atoms with Crippen molar-refractivity contribution in [3.8, 4) is 0 Å². The summed E-state index contributed by atoms with van der Waals surface area (Å²) in [5.41, 5.74) is 2.07. The van der Waals surface area contributed by atoms with Crippen LogP contribution in [-0.4, -0.2) is 84.5 Å². The quantitative estimate of drug-likeness (QED) is 0.610. The number of aromatic nitrogens is 1. The normalized spacial score (nSPS) is 18.7. The first kappa shape index (κ1) is 22.6. The van der Waals surface area contributed by atoms with Crippen molar-refractivity contribution in [3.05, 3.63) is 16.1 Å². The number of methoxy groups -OCH3 is 1. The lowest BCUT2D eigenvalue weighted by molar-refractivity contribution is -0.164. The SMILES string of the molecule is COC1(CNC(=O)COCc2scnc2C)CN(C(=O)CN2CCCCCC2=O)C1. The lowest BCUT2D eigenvalue weighted by Gasteiger charge is -2.49. The smallest absolute Gasteiger partial charge is 0.246 e. The first-order valence-electron chi connectivity index (χ1n) is 10.3. The van der Waals surface area contributed by atoms with E-state index in [0.717, 1.165) is 29.8 Å². The maximum Gasteiger partial charge on any atom is 0.246 e. The van der Waals surface area contributed by atoms with Crippen LogP contribution in [-0.2, 0) is 30.5 Å². The molecule has 2 saturated heterocycles. The number of nitrogens with zero attached hydrogens (tertiary/aromatic N) is 3. The number of amides is 3. The highest BCUT2D eigenvalue weighted by molar-refractivity contribution is 7.09. The van der Waals surface area contributed by atoms with Gasteiger partial charge in [-0.1, -0.05) is 6.42 Å². The van der Waals surface area contributed by atoms with Crippen molar-refractivity contribution in [2.24, 2.45) is 0 Å². The Labute approximate surface area is 180 Å². The number of nitrogens with one attached hydrogen (secondary N) is 1. The molecule has 10 heteroatoms. The maximum absolute atomic E-state index is 12.5. The van der Waals surface area contributed by atoms with Gasteiger partial charge in [0.15, 0.2) is 0 Å². The molecule has 9 nitrogen and oxygen atoms in total. The van der Waals surface area contributed by atoms with Crippen LogP contribution in [0.1, 0.15) is 36.3 Å². The van der Waals surface area contributed by atoms with E-state index in [4.69, 9.17) is 9.47 Å². The van der Waals surface area contributed by atoms with E-state index in [2.05, 4.69) is 10.3 Å². The molecule has 1 aromatic rings. The van der Waals surface area contributed by atoms with Crippen molar-refractivity contribution < 1.29 is 23.9 Å². The molecule has 0 unspecified atom stereocenters. The predicted octanol–water partition coefficient (Wildman–Crippen LogP) is 0.714. The summed E-state index contributed by atoms with van der Waals surface area (Å²) >= 11 is 1.50. The summed E-state index contributed by atoms with van der Waals surface area (Å²) in [4.78, 5) is 45.2. The number of carbonyl (C=O) groups excluding carboxylic acids is 3. The number of aryl methyl sites for hydroxylation is 1. The number of carbonyl (C=O) groups is 3. The molecule has 0 atom stereocenters. The monoisotopic (exact) mass is 438 g/mol. The van der Waals surface area contributed by atoms with Gasteiger partial charge in [-0.25, -0.2) is 4.98 Å². The van der Waals surface area contributed by atoms with Gasteiger partial charge in [0, 0.05) is 20.1 Å². The molecule has 166 valence electrons. The Morgan fingerprint density at radius 2 is 2.10 bits per heavy atom. The fourth-order valence-electron chi connectivity index (χ4n) is 3.62. The second kappa shape index (κ2) is 10.3. The fraction of sp³-hybridized carbons (Fsp3) is 0.700. The molecular formula is C20H30N4O5S. The van der Waals surface area contributed by atoms with E-state index in [9.17, 15) is 14.4 Å². The van der Waals surface area contributed by atoms with E-state index >= 15 is 0 Å². The van der Waals surface area contributed by atoms with Gasteiger partial charge in [0.1, 0.15) is 12.2 Å². The minimum Gasteiger partial charge on any atom is -0.373 e.